The van der Waals surface area contributed by atoms with E-state index in [1.54, 1.807) is 18.2 Å². The van der Waals surface area contributed by atoms with Gasteiger partial charge in [-0.1, -0.05) is 22.9 Å². The zero-order valence-electron chi connectivity index (χ0n) is 17.8. The molecule has 0 spiro atoms. The molecule has 5 rings (SSSR count). The lowest BCUT2D eigenvalue weighted by Gasteiger charge is -2.35. The molecule has 1 unspecified atom stereocenters. The Bertz CT molecular complexity index is 1530. The second-order valence-corrected chi connectivity index (χ2v) is 9.07. The van der Waals surface area contributed by atoms with Crippen LogP contribution < -0.4 is 4.74 Å². The third-order valence-electron chi connectivity index (χ3n) is 5.27. The Morgan fingerprint density at radius 1 is 1.08 bits per heavy atom. The van der Waals surface area contributed by atoms with Crippen molar-refractivity contribution in [2.45, 2.75) is 18.1 Å². The first kappa shape index (κ1) is 24.0. The molecule has 0 aliphatic carbocycles. The van der Waals surface area contributed by atoms with Crippen molar-refractivity contribution in [2.75, 3.05) is 0 Å². The summed E-state index contributed by atoms with van der Waals surface area (Å²) in [5.74, 6) is -6.46. The van der Waals surface area contributed by atoms with Crippen LogP contribution in [0.25, 0.3) is 10.2 Å². The minimum Gasteiger partial charge on any atom is -0.429 e. The maximum atomic E-state index is 15.8. The molecular formula is C22H13ClF4N6O2S. The molecule has 36 heavy (non-hydrogen) atoms. The first-order valence-corrected chi connectivity index (χ1v) is 11.3. The lowest BCUT2D eigenvalue weighted by Crippen LogP contribution is -2.48. The van der Waals surface area contributed by atoms with Gasteiger partial charge in [0, 0.05) is 16.7 Å². The number of tetrazole rings is 1. The molecule has 1 atom stereocenters. The summed E-state index contributed by atoms with van der Waals surface area (Å²) in [6.45, 7) is -0.955. The molecular weight excluding hydrogens is 524 g/mol. The van der Waals surface area contributed by atoms with Crippen molar-refractivity contribution in [2.24, 2.45) is 0 Å². The minimum absolute atomic E-state index is 0.0941. The van der Waals surface area contributed by atoms with Gasteiger partial charge >= 0.3 is 5.92 Å². The van der Waals surface area contributed by atoms with Crippen LogP contribution in [0.15, 0.2) is 61.1 Å². The van der Waals surface area contributed by atoms with Crippen LogP contribution in [0.4, 0.5) is 17.6 Å². The second kappa shape index (κ2) is 9.08. The van der Waals surface area contributed by atoms with Crippen molar-refractivity contribution in [3.05, 3.63) is 89.0 Å². The third-order valence-corrected chi connectivity index (χ3v) is 6.42. The van der Waals surface area contributed by atoms with Crippen molar-refractivity contribution in [1.82, 2.24) is 30.2 Å². The molecule has 0 bridgehead atoms. The SMILES string of the molecule is OC(Cn1cnnn1)(c1ccc(F)cc1F)C(F)(F)c1ccc(Oc2nc3cc(Cl)ccc3s2)cn1. The average molecular weight is 537 g/mol. The molecule has 3 aromatic heterocycles. The highest BCUT2D eigenvalue weighted by molar-refractivity contribution is 7.20. The van der Waals surface area contributed by atoms with Crippen molar-refractivity contribution < 1.29 is 27.4 Å². The molecule has 0 aliphatic rings. The first-order chi connectivity index (χ1) is 17.2. The second-order valence-electron chi connectivity index (χ2n) is 7.64. The van der Waals surface area contributed by atoms with Crippen LogP contribution in [-0.4, -0.2) is 35.3 Å². The molecule has 8 nitrogen and oxygen atoms in total. The number of alkyl halides is 2. The van der Waals surface area contributed by atoms with Crippen molar-refractivity contribution in [1.29, 1.82) is 0 Å². The van der Waals surface area contributed by atoms with E-state index < -0.39 is 41.0 Å². The van der Waals surface area contributed by atoms with E-state index in [0.717, 1.165) is 40.1 Å². The van der Waals surface area contributed by atoms with E-state index in [4.69, 9.17) is 16.3 Å². The van der Waals surface area contributed by atoms with Crippen LogP contribution in [-0.2, 0) is 18.1 Å². The monoisotopic (exact) mass is 536 g/mol. The number of nitrogens with zero attached hydrogens (tertiary/aromatic N) is 6. The smallest absolute Gasteiger partial charge is 0.323 e. The zero-order chi connectivity index (χ0) is 25.5. The molecule has 3 heterocycles. The first-order valence-electron chi connectivity index (χ1n) is 10.1. The maximum Gasteiger partial charge on any atom is 0.323 e. The van der Waals surface area contributed by atoms with Crippen molar-refractivity contribution in [3.63, 3.8) is 0 Å². The van der Waals surface area contributed by atoms with Crippen LogP contribution in [0.2, 0.25) is 5.02 Å². The van der Waals surface area contributed by atoms with E-state index in [0.29, 0.717) is 16.6 Å². The summed E-state index contributed by atoms with van der Waals surface area (Å²) < 4.78 is 66.8. The van der Waals surface area contributed by atoms with E-state index in [2.05, 4.69) is 25.5 Å². The Hall–Kier alpha value is -3.68. The Balaban J connectivity index is 1.48. The molecule has 184 valence electrons. The van der Waals surface area contributed by atoms with Gasteiger partial charge in [-0.05, 0) is 52.9 Å². The number of hydrogen-bond acceptors (Lipinski definition) is 8. The molecule has 1 N–H and O–H groups in total. The van der Waals surface area contributed by atoms with Gasteiger partial charge < -0.3 is 9.84 Å². The molecule has 5 aromatic rings. The number of thiazole rings is 1. The number of fused-ring (bicyclic) bond motifs is 1. The fourth-order valence-electron chi connectivity index (χ4n) is 3.53. The van der Waals surface area contributed by atoms with E-state index >= 15 is 8.78 Å². The van der Waals surface area contributed by atoms with Crippen LogP contribution >= 0.6 is 22.9 Å². The summed E-state index contributed by atoms with van der Waals surface area (Å²) >= 11 is 7.17. The lowest BCUT2D eigenvalue weighted by molar-refractivity contribution is -0.207. The zero-order valence-corrected chi connectivity index (χ0v) is 19.4. The standard InChI is InChI=1S/C22H13ClF4N6O2S/c23-12-1-5-18-17(7-12)30-20(36-18)35-14-3-6-19(28-9-14)22(26,27)21(34,10-33-11-29-31-32-33)15-4-2-13(24)8-16(15)25/h1-9,11,34H,10H2. The van der Waals surface area contributed by atoms with Crippen molar-refractivity contribution >= 4 is 33.2 Å². The van der Waals surface area contributed by atoms with Crippen LogP contribution in [0.3, 0.4) is 0 Å². The van der Waals surface area contributed by atoms with Gasteiger partial charge in [-0.2, -0.15) is 8.78 Å². The largest absolute Gasteiger partial charge is 0.429 e. The summed E-state index contributed by atoms with van der Waals surface area (Å²) in [7, 11) is 0. The quantitative estimate of drug-likeness (QED) is 0.290. The molecule has 0 radical (unpaired) electrons. The van der Waals surface area contributed by atoms with Gasteiger partial charge in [-0.25, -0.2) is 18.4 Å². The molecule has 0 amide bonds. The van der Waals surface area contributed by atoms with Gasteiger partial charge in [0.25, 0.3) is 5.19 Å². The number of aromatic nitrogens is 6. The van der Waals surface area contributed by atoms with E-state index in [1.807, 2.05) is 0 Å². The molecule has 14 heteroatoms. The molecule has 2 aromatic carbocycles. The summed E-state index contributed by atoms with van der Waals surface area (Å²) in [5.41, 5.74) is -4.39. The normalized spacial score (nSPS) is 13.6. The molecule has 0 fully saturated rings. The van der Waals surface area contributed by atoms with Gasteiger partial charge in [-0.3, -0.25) is 4.98 Å². The summed E-state index contributed by atoms with van der Waals surface area (Å²) in [6.07, 6.45) is 1.98. The van der Waals surface area contributed by atoms with Crippen LogP contribution in [0.5, 0.6) is 10.9 Å². The number of hydrogen-bond donors (Lipinski definition) is 1. The number of rotatable bonds is 7. The van der Waals surface area contributed by atoms with E-state index in [-0.39, 0.29) is 10.9 Å². The van der Waals surface area contributed by atoms with E-state index in [1.165, 1.54) is 17.4 Å². The average Bonchev–Trinajstić information content (AvgIpc) is 3.48. The fourth-order valence-corrected chi connectivity index (χ4v) is 4.51. The summed E-state index contributed by atoms with van der Waals surface area (Å²) in [6, 6.07) is 9.14. The number of pyridine rings is 1. The summed E-state index contributed by atoms with van der Waals surface area (Å²) in [5, 5.41) is 22.1. The van der Waals surface area contributed by atoms with Gasteiger partial charge in [0.2, 0.25) is 0 Å². The Morgan fingerprint density at radius 2 is 1.92 bits per heavy atom. The number of aliphatic hydroxyl groups is 1. The molecule has 0 saturated carbocycles. The van der Waals surface area contributed by atoms with Gasteiger partial charge in [0.05, 0.1) is 23.0 Å². The Kier molecular flexibility index (Phi) is 6.06. The third kappa shape index (κ3) is 4.36. The van der Waals surface area contributed by atoms with Gasteiger partial charge in [-0.15, -0.1) is 5.10 Å². The highest BCUT2D eigenvalue weighted by Crippen LogP contribution is 2.47. The van der Waals surface area contributed by atoms with Gasteiger partial charge in [0.15, 0.2) is 5.60 Å². The van der Waals surface area contributed by atoms with E-state index in [9.17, 15) is 13.9 Å². The predicted molar refractivity (Wildman–Crippen MR) is 121 cm³/mol. The highest BCUT2D eigenvalue weighted by Gasteiger charge is 2.58. The topological polar surface area (TPSA) is 98.8 Å². The minimum atomic E-state index is -4.18. The number of ether oxygens (including phenoxy) is 1. The molecule has 0 saturated heterocycles. The molecule has 0 aliphatic heterocycles. The van der Waals surface area contributed by atoms with Gasteiger partial charge in [0.1, 0.15) is 29.4 Å². The fraction of sp³-hybridized carbons (Fsp3) is 0.136. The summed E-state index contributed by atoms with van der Waals surface area (Å²) in [4.78, 5) is 8.03. The van der Waals surface area contributed by atoms with Crippen LogP contribution in [0.1, 0.15) is 11.3 Å². The highest BCUT2D eigenvalue weighted by atomic mass is 35.5. The van der Waals surface area contributed by atoms with Crippen molar-refractivity contribution in [3.8, 4) is 10.9 Å². The number of halogens is 5. The predicted octanol–water partition coefficient (Wildman–Crippen LogP) is 5.08. The Morgan fingerprint density at radius 3 is 2.61 bits per heavy atom. The maximum absolute atomic E-state index is 15.8. The Labute approximate surface area is 208 Å². The lowest BCUT2D eigenvalue weighted by atomic mass is 9.84. The van der Waals surface area contributed by atoms with Crippen LogP contribution in [0, 0.1) is 11.6 Å². The number of benzene rings is 2.